The van der Waals surface area contributed by atoms with Crippen LogP contribution in [0.2, 0.25) is 0 Å². The van der Waals surface area contributed by atoms with Crippen LogP contribution in [0.4, 0.5) is 5.82 Å². The molecule has 1 aliphatic rings. The monoisotopic (exact) mass is 379 g/mol. The number of piperazine rings is 1. The zero-order chi connectivity index (χ0) is 19.5. The number of rotatable bonds is 5. The molecule has 28 heavy (non-hydrogen) atoms. The number of aryl methyl sites for hydroxylation is 2. The minimum Gasteiger partial charge on any atom is -0.353 e. The number of aromatic nitrogens is 4. The van der Waals surface area contributed by atoms with E-state index in [1.165, 1.54) is 5.56 Å². The molecule has 0 spiro atoms. The molecule has 3 heterocycles. The molecule has 1 aliphatic heterocycles. The SMILES string of the molecule is Cc1ccc(CNC(=O)CN2CCN(c3ncnc4c3cnn4C)CC2)cc1. The second-order valence-corrected chi connectivity index (χ2v) is 7.23. The standard InChI is InChI=1S/C20H25N7O/c1-15-3-5-16(6-4-15)11-21-18(28)13-26-7-9-27(10-8-26)20-17-12-24-25(2)19(17)22-14-23-20/h3-6,12,14H,7-11,13H2,1-2H3,(H,21,28). The first kappa shape index (κ1) is 18.4. The van der Waals surface area contributed by atoms with Gasteiger partial charge in [0.25, 0.3) is 0 Å². The summed E-state index contributed by atoms with van der Waals surface area (Å²) in [7, 11) is 1.88. The molecule has 3 aromatic rings. The van der Waals surface area contributed by atoms with Crippen molar-refractivity contribution >= 4 is 22.8 Å². The van der Waals surface area contributed by atoms with E-state index in [0.717, 1.165) is 48.6 Å². The summed E-state index contributed by atoms with van der Waals surface area (Å²) in [6, 6.07) is 8.23. The van der Waals surface area contributed by atoms with Gasteiger partial charge >= 0.3 is 0 Å². The van der Waals surface area contributed by atoms with Gasteiger partial charge in [-0.2, -0.15) is 5.10 Å². The lowest BCUT2D eigenvalue weighted by Gasteiger charge is -2.35. The molecule has 0 unspecified atom stereocenters. The molecule has 146 valence electrons. The van der Waals surface area contributed by atoms with Crippen LogP contribution in [0.15, 0.2) is 36.8 Å². The number of benzene rings is 1. The number of anilines is 1. The molecule has 2 aromatic heterocycles. The highest BCUT2D eigenvalue weighted by molar-refractivity contribution is 5.86. The number of nitrogens with one attached hydrogen (secondary N) is 1. The third kappa shape index (κ3) is 3.96. The van der Waals surface area contributed by atoms with E-state index in [1.54, 1.807) is 11.0 Å². The highest BCUT2D eigenvalue weighted by Crippen LogP contribution is 2.23. The van der Waals surface area contributed by atoms with Gasteiger partial charge in [-0.3, -0.25) is 14.4 Å². The van der Waals surface area contributed by atoms with Crippen molar-refractivity contribution in [2.75, 3.05) is 37.6 Å². The first-order chi connectivity index (χ1) is 13.6. The fourth-order valence-electron chi connectivity index (χ4n) is 3.49. The van der Waals surface area contributed by atoms with E-state index in [1.807, 2.05) is 13.2 Å². The Bertz CT molecular complexity index is 958. The number of amides is 1. The number of hydrogen-bond donors (Lipinski definition) is 1. The van der Waals surface area contributed by atoms with E-state index in [0.29, 0.717) is 13.1 Å². The summed E-state index contributed by atoms with van der Waals surface area (Å²) in [5, 5.41) is 8.26. The van der Waals surface area contributed by atoms with Crippen molar-refractivity contribution in [3.63, 3.8) is 0 Å². The number of nitrogens with zero attached hydrogens (tertiary/aromatic N) is 6. The van der Waals surface area contributed by atoms with Crippen LogP contribution in [0.1, 0.15) is 11.1 Å². The molecule has 8 heteroatoms. The lowest BCUT2D eigenvalue weighted by atomic mass is 10.1. The van der Waals surface area contributed by atoms with E-state index in [9.17, 15) is 4.79 Å². The highest BCUT2D eigenvalue weighted by Gasteiger charge is 2.22. The molecule has 1 fully saturated rings. The number of fused-ring (bicyclic) bond motifs is 1. The Morgan fingerprint density at radius 1 is 1.11 bits per heavy atom. The summed E-state index contributed by atoms with van der Waals surface area (Å²) in [6.45, 7) is 6.35. The fourth-order valence-corrected chi connectivity index (χ4v) is 3.49. The first-order valence-electron chi connectivity index (χ1n) is 9.52. The summed E-state index contributed by atoms with van der Waals surface area (Å²) in [6.07, 6.45) is 3.40. The average molecular weight is 379 g/mol. The molecule has 0 radical (unpaired) electrons. The Labute approximate surface area is 164 Å². The smallest absolute Gasteiger partial charge is 0.234 e. The van der Waals surface area contributed by atoms with Gasteiger partial charge in [0.2, 0.25) is 5.91 Å². The highest BCUT2D eigenvalue weighted by atomic mass is 16.2. The Kier molecular flexibility index (Phi) is 5.21. The van der Waals surface area contributed by atoms with E-state index >= 15 is 0 Å². The largest absolute Gasteiger partial charge is 0.353 e. The van der Waals surface area contributed by atoms with Crippen LogP contribution in [0.25, 0.3) is 11.0 Å². The van der Waals surface area contributed by atoms with Gasteiger partial charge in [-0.1, -0.05) is 29.8 Å². The van der Waals surface area contributed by atoms with E-state index < -0.39 is 0 Å². The molecule has 4 rings (SSSR count). The van der Waals surface area contributed by atoms with E-state index in [-0.39, 0.29) is 5.91 Å². The van der Waals surface area contributed by atoms with Crippen molar-refractivity contribution in [1.29, 1.82) is 0 Å². The van der Waals surface area contributed by atoms with Crippen LogP contribution in [0, 0.1) is 6.92 Å². The molecule has 1 N–H and O–H groups in total. The van der Waals surface area contributed by atoms with Gasteiger partial charge in [-0.25, -0.2) is 9.97 Å². The molecule has 0 saturated carbocycles. The Balaban J connectivity index is 1.29. The molecular formula is C20H25N7O. The van der Waals surface area contributed by atoms with Gasteiger partial charge in [-0.15, -0.1) is 0 Å². The summed E-state index contributed by atoms with van der Waals surface area (Å²) in [5.41, 5.74) is 3.18. The number of carbonyl (C=O) groups is 1. The molecule has 0 aliphatic carbocycles. The predicted molar refractivity (Wildman–Crippen MR) is 108 cm³/mol. The van der Waals surface area contributed by atoms with Crippen molar-refractivity contribution < 1.29 is 4.79 Å². The quantitative estimate of drug-likeness (QED) is 0.715. The second kappa shape index (κ2) is 7.93. The lowest BCUT2D eigenvalue weighted by molar-refractivity contribution is -0.122. The number of carbonyl (C=O) groups excluding carboxylic acids is 1. The lowest BCUT2D eigenvalue weighted by Crippen LogP contribution is -2.49. The van der Waals surface area contributed by atoms with Crippen LogP contribution in [-0.2, 0) is 18.4 Å². The maximum Gasteiger partial charge on any atom is 0.234 e. The molecule has 8 nitrogen and oxygen atoms in total. The third-order valence-electron chi connectivity index (χ3n) is 5.16. The van der Waals surface area contributed by atoms with Gasteiger partial charge in [0.15, 0.2) is 5.65 Å². The van der Waals surface area contributed by atoms with Crippen molar-refractivity contribution in [2.45, 2.75) is 13.5 Å². The zero-order valence-corrected chi connectivity index (χ0v) is 16.3. The molecule has 1 amide bonds. The van der Waals surface area contributed by atoms with Crippen molar-refractivity contribution in [3.8, 4) is 0 Å². The van der Waals surface area contributed by atoms with Gasteiger partial charge < -0.3 is 10.2 Å². The molecule has 1 aromatic carbocycles. The van der Waals surface area contributed by atoms with Gasteiger partial charge in [0.1, 0.15) is 12.1 Å². The van der Waals surface area contributed by atoms with Crippen LogP contribution in [-0.4, -0.2) is 63.3 Å². The third-order valence-corrected chi connectivity index (χ3v) is 5.16. The van der Waals surface area contributed by atoms with E-state index in [4.69, 9.17) is 0 Å². The van der Waals surface area contributed by atoms with Gasteiger partial charge in [0, 0.05) is 39.8 Å². The fraction of sp³-hybridized carbons (Fsp3) is 0.400. The minimum atomic E-state index is 0.0608. The molecule has 0 atom stereocenters. The Morgan fingerprint density at radius 3 is 2.61 bits per heavy atom. The summed E-state index contributed by atoms with van der Waals surface area (Å²) >= 11 is 0. The topological polar surface area (TPSA) is 79.2 Å². The normalized spacial score (nSPS) is 15.1. The summed E-state index contributed by atoms with van der Waals surface area (Å²) in [4.78, 5) is 25.5. The van der Waals surface area contributed by atoms with Crippen LogP contribution in [0.5, 0.6) is 0 Å². The van der Waals surface area contributed by atoms with Crippen molar-refractivity contribution in [3.05, 3.63) is 47.9 Å². The van der Waals surface area contributed by atoms with Gasteiger partial charge in [0.05, 0.1) is 18.1 Å². The summed E-state index contributed by atoms with van der Waals surface area (Å²) in [5.74, 6) is 0.979. The second-order valence-electron chi connectivity index (χ2n) is 7.23. The zero-order valence-electron chi connectivity index (χ0n) is 16.3. The molecule has 0 bridgehead atoms. The van der Waals surface area contributed by atoms with Gasteiger partial charge in [-0.05, 0) is 12.5 Å². The maximum atomic E-state index is 12.3. The Morgan fingerprint density at radius 2 is 1.86 bits per heavy atom. The summed E-state index contributed by atoms with van der Waals surface area (Å²) < 4.78 is 1.76. The maximum absolute atomic E-state index is 12.3. The van der Waals surface area contributed by atoms with Crippen molar-refractivity contribution in [2.24, 2.45) is 7.05 Å². The number of hydrogen-bond acceptors (Lipinski definition) is 6. The van der Waals surface area contributed by atoms with Crippen LogP contribution >= 0.6 is 0 Å². The minimum absolute atomic E-state index is 0.0608. The van der Waals surface area contributed by atoms with Crippen LogP contribution < -0.4 is 10.2 Å². The Hall–Kier alpha value is -3.00. The van der Waals surface area contributed by atoms with Crippen LogP contribution in [0.3, 0.4) is 0 Å². The molecular weight excluding hydrogens is 354 g/mol. The molecule has 1 saturated heterocycles. The average Bonchev–Trinajstić information content (AvgIpc) is 3.09. The first-order valence-corrected chi connectivity index (χ1v) is 9.52. The van der Waals surface area contributed by atoms with Crippen molar-refractivity contribution in [1.82, 2.24) is 30.0 Å². The predicted octanol–water partition coefficient (Wildman–Crippen LogP) is 1.11. The van der Waals surface area contributed by atoms with E-state index in [2.05, 4.69) is 61.4 Å².